The minimum Gasteiger partial charge on any atom is -0.381 e. The SMILES string of the molecule is CCC(=O)[C@@H]1C[C@]23COCCCCC(=O)NCc4cc(-c5cnc6cc(C)nn6c5)cc5c(C(C)=O)cn(c45)CC(=O)N1[C@@H]2C3. The Hall–Kier alpha value is -4.38. The summed E-state index contributed by atoms with van der Waals surface area (Å²) in [5, 5.41) is 8.26. The molecule has 3 aromatic heterocycles. The summed E-state index contributed by atoms with van der Waals surface area (Å²) >= 11 is 0. The molecule has 0 spiro atoms. The molecule has 4 aromatic rings. The summed E-state index contributed by atoms with van der Waals surface area (Å²) in [6.07, 6.45) is 9.04. The van der Waals surface area contributed by atoms with E-state index in [1.54, 1.807) is 21.8 Å². The van der Waals surface area contributed by atoms with Gasteiger partial charge in [-0.25, -0.2) is 9.50 Å². The molecule has 5 heterocycles. The van der Waals surface area contributed by atoms with Crippen LogP contribution in [0.2, 0.25) is 0 Å². The number of hydrogen-bond donors (Lipinski definition) is 1. The fourth-order valence-corrected chi connectivity index (χ4v) is 7.36. The van der Waals surface area contributed by atoms with Gasteiger partial charge < -0.3 is 19.5 Å². The fourth-order valence-electron chi connectivity index (χ4n) is 7.36. The number of aromatic nitrogens is 4. The first kappa shape index (κ1) is 29.3. The van der Waals surface area contributed by atoms with E-state index < -0.39 is 6.04 Å². The van der Waals surface area contributed by atoms with Gasteiger partial charge in [0.05, 0.1) is 23.9 Å². The van der Waals surface area contributed by atoms with Crippen molar-refractivity contribution in [3.63, 3.8) is 0 Å². The highest BCUT2D eigenvalue weighted by molar-refractivity contribution is 6.09. The van der Waals surface area contributed by atoms with Gasteiger partial charge in [0.25, 0.3) is 0 Å². The topological polar surface area (TPSA) is 128 Å². The third kappa shape index (κ3) is 5.22. The zero-order valence-corrected chi connectivity index (χ0v) is 26.0. The number of benzene rings is 1. The third-order valence-corrected chi connectivity index (χ3v) is 9.74. The smallest absolute Gasteiger partial charge is 0.243 e. The maximum Gasteiger partial charge on any atom is 0.243 e. The van der Waals surface area contributed by atoms with Crippen LogP contribution >= 0.6 is 0 Å². The molecule has 1 aliphatic carbocycles. The first-order valence-electron chi connectivity index (χ1n) is 15.8. The molecule has 0 unspecified atom stereocenters. The van der Waals surface area contributed by atoms with Gasteiger partial charge in [-0.05, 0) is 62.8 Å². The summed E-state index contributed by atoms with van der Waals surface area (Å²) in [6, 6.07) is 5.34. The van der Waals surface area contributed by atoms with Crippen LogP contribution in [0.15, 0.2) is 36.8 Å². The van der Waals surface area contributed by atoms with Crippen LogP contribution < -0.4 is 5.32 Å². The van der Waals surface area contributed by atoms with Crippen molar-refractivity contribution in [2.45, 2.75) is 84.5 Å². The third-order valence-electron chi connectivity index (χ3n) is 9.74. The number of hydrogen-bond acceptors (Lipinski definition) is 7. The van der Waals surface area contributed by atoms with E-state index in [1.807, 2.05) is 42.8 Å². The van der Waals surface area contributed by atoms with E-state index in [-0.39, 0.29) is 47.9 Å². The molecule has 45 heavy (non-hydrogen) atoms. The molecule has 1 saturated heterocycles. The van der Waals surface area contributed by atoms with Gasteiger partial charge in [-0.1, -0.05) is 6.92 Å². The number of carbonyl (C=O) groups is 4. The van der Waals surface area contributed by atoms with Crippen LogP contribution in [0, 0.1) is 12.3 Å². The number of carbonyl (C=O) groups excluding carboxylic acids is 4. The van der Waals surface area contributed by atoms with E-state index in [9.17, 15) is 19.2 Å². The summed E-state index contributed by atoms with van der Waals surface area (Å²) < 4.78 is 9.59. The van der Waals surface area contributed by atoms with E-state index in [0.717, 1.165) is 40.9 Å². The molecule has 234 valence electrons. The van der Waals surface area contributed by atoms with Crippen molar-refractivity contribution in [3.8, 4) is 11.1 Å². The number of rotatable bonds is 4. The molecule has 2 aliphatic heterocycles. The number of nitrogens with one attached hydrogen (secondary N) is 1. The maximum absolute atomic E-state index is 14.1. The van der Waals surface area contributed by atoms with Crippen LogP contribution in [0.3, 0.4) is 0 Å². The molecule has 0 radical (unpaired) electrons. The van der Waals surface area contributed by atoms with Crippen molar-refractivity contribution in [1.82, 2.24) is 29.4 Å². The number of aryl methyl sites for hydroxylation is 1. The number of ketones is 2. The molecule has 1 aromatic carbocycles. The monoisotopic (exact) mass is 610 g/mol. The number of nitrogens with zero attached hydrogens (tertiary/aromatic N) is 5. The molecule has 11 nitrogen and oxygen atoms in total. The zero-order chi connectivity index (χ0) is 31.5. The summed E-state index contributed by atoms with van der Waals surface area (Å²) in [5.74, 6) is -0.279. The van der Waals surface area contributed by atoms with E-state index in [4.69, 9.17) is 4.74 Å². The van der Waals surface area contributed by atoms with Crippen molar-refractivity contribution in [1.29, 1.82) is 0 Å². The molecule has 2 bridgehead atoms. The van der Waals surface area contributed by atoms with Gasteiger partial charge in [0.2, 0.25) is 11.8 Å². The molecular formula is C34H38N6O5. The second-order valence-corrected chi connectivity index (χ2v) is 12.9. The molecule has 1 saturated carbocycles. The average Bonchev–Trinajstić information content (AvgIpc) is 3.27. The predicted molar refractivity (Wildman–Crippen MR) is 167 cm³/mol. The van der Waals surface area contributed by atoms with Crippen molar-refractivity contribution < 1.29 is 23.9 Å². The molecule has 11 heteroatoms. The number of amides is 2. The van der Waals surface area contributed by atoms with Gasteiger partial charge in [0.1, 0.15) is 6.54 Å². The summed E-state index contributed by atoms with van der Waals surface area (Å²) in [6.45, 7) is 6.51. The van der Waals surface area contributed by atoms with Gasteiger partial charge in [-0.3, -0.25) is 19.2 Å². The molecule has 2 fully saturated rings. The first-order valence-corrected chi connectivity index (χ1v) is 15.8. The van der Waals surface area contributed by atoms with E-state index in [2.05, 4.69) is 15.4 Å². The number of Topliss-reactive ketones (excluding diaryl/α,β-unsaturated/α-hetero) is 2. The lowest BCUT2D eigenvalue weighted by Gasteiger charge is -2.27. The van der Waals surface area contributed by atoms with Crippen molar-refractivity contribution in [2.75, 3.05) is 13.2 Å². The average molecular weight is 611 g/mol. The second-order valence-electron chi connectivity index (χ2n) is 12.9. The molecule has 3 aliphatic rings. The van der Waals surface area contributed by atoms with Crippen LogP contribution in [-0.2, 0) is 32.2 Å². The Bertz CT molecular complexity index is 1870. The van der Waals surface area contributed by atoms with Crippen LogP contribution in [0.25, 0.3) is 27.7 Å². The number of ether oxygens (including phenoxy) is 1. The molecule has 7 rings (SSSR count). The van der Waals surface area contributed by atoms with Gasteiger partial charge in [-0.15, -0.1) is 0 Å². The highest BCUT2D eigenvalue weighted by Crippen LogP contribution is 2.60. The van der Waals surface area contributed by atoms with Gasteiger partial charge in [0.15, 0.2) is 17.2 Å². The lowest BCUT2D eigenvalue weighted by Crippen LogP contribution is -2.44. The van der Waals surface area contributed by atoms with E-state index in [0.29, 0.717) is 55.4 Å². The van der Waals surface area contributed by atoms with Gasteiger partial charge >= 0.3 is 0 Å². The Morgan fingerprint density at radius 3 is 2.76 bits per heavy atom. The summed E-state index contributed by atoms with van der Waals surface area (Å²) in [7, 11) is 0. The van der Waals surface area contributed by atoms with E-state index >= 15 is 0 Å². The maximum atomic E-state index is 14.1. The molecule has 3 atom stereocenters. The second kappa shape index (κ2) is 11.2. The van der Waals surface area contributed by atoms with Crippen LogP contribution in [0.5, 0.6) is 0 Å². The molecular weight excluding hydrogens is 572 g/mol. The van der Waals surface area contributed by atoms with Gasteiger partial charge in [-0.2, -0.15) is 5.10 Å². The minimum atomic E-state index is -0.462. The number of fused-ring (bicyclic) bond motifs is 1. The summed E-state index contributed by atoms with van der Waals surface area (Å²) in [5.41, 5.74) is 5.00. The highest BCUT2D eigenvalue weighted by atomic mass is 16.5. The number of piperidine rings is 1. The minimum absolute atomic E-state index is 0.0227. The van der Waals surface area contributed by atoms with E-state index in [1.165, 1.54) is 6.92 Å². The summed E-state index contributed by atoms with van der Waals surface area (Å²) in [4.78, 5) is 59.5. The normalized spacial score (nSPS) is 24.0. The van der Waals surface area contributed by atoms with Crippen LogP contribution in [0.4, 0.5) is 0 Å². The molecule has 2 amide bonds. The predicted octanol–water partition coefficient (Wildman–Crippen LogP) is 4.02. The Morgan fingerprint density at radius 2 is 1.96 bits per heavy atom. The Morgan fingerprint density at radius 1 is 1.11 bits per heavy atom. The van der Waals surface area contributed by atoms with Gasteiger partial charge in [0, 0.05) is 78.6 Å². The Kier molecular flexibility index (Phi) is 7.31. The zero-order valence-electron chi connectivity index (χ0n) is 26.0. The van der Waals surface area contributed by atoms with Crippen molar-refractivity contribution >= 4 is 39.9 Å². The fraction of sp³-hybridized carbons (Fsp3) is 0.471. The Labute approximate surface area is 260 Å². The quantitative estimate of drug-likeness (QED) is 0.346. The first-order chi connectivity index (χ1) is 21.7. The Balaban J connectivity index is 1.34. The standard InChI is InChI=1S/C34H38N6O5/c1-4-28(42)27-12-34-13-29(34)40(27)32(44)18-38-17-26(21(3)41)25-11-22(24-15-35-30-9-20(2)37-39(30)16-24)10-23(33(25)38)14-36-31(43)7-5-6-8-45-19-34/h9-11,15-17,27,29H,4-8,12-14,18-19H2,1-3H3,(H,36,43)/t27-,29+,34-/m0/s1. The van der Waals surface area contributed by atoms with Crippen LogP contribution in [0.1, 0.15) is 74.0 Å². The van der Waals surface area contributed by atoms with Crippen molar-refractivity contribution in [2.24, 2.45) is 5.41 Å². The van der Waals surface area contributed by atoms with Crippen molar-refractivity contribution in [3.05, 3.63) is 53.6 Å². The highest BCUT2D eigenvalue weighted by Gasteiger charge is 2.66. The lowest BCUT2D eigenvalue weighted by molar-refractivity contribution is -0.139. The largest absolute Gasteiger partial charge is 0.381 e. The molecule has 1 N–H and O–H groups in total. The van der Waals surface area contributed by atoms with Crippen LogP contribution in [-0.4, -0.2) is 72.7 Å². The lowest BCUT2D eigenvalue weighted by atomic mass is 9.97.